The third-order valence-corrected chi connectivity index (χ3v) is 3.94. The normalized spacial score (nSPS) is 10.7. The van der Waals surface area contributed by atoms with Gasteiger partial charge in [0.2, 0.25) is 0 Å². The van der Waals surface area contributed by atoms with E-state index in [1.807, 2.05) is 12.3 Å². The highest BCUT2D eigenvalue weighted by atomic mass is 32.2. The molecular weight excluding hydrogens is 245 g/mol. The molecule has 0 unspecified atom stereocenters. The topological polar surface area (TPSA) is 33.1 Å². The Morgan fingerprint density at radius 2 is 2.25 bits per heavy atom. The Morgan fingerprint density at radius 1 is 1.44 bits per heavy atom. The van der Waals surface area contributed by atoms with E-state index in [1.165, 1.54) is 35.2 Å². The van der Waals surface area contributed by atoms with Crippen molar-refractivity contribution in [3.8, 4) is 0 Å². The zero-order chi connectivity index (χ0) is 11.5. The molecule has 1 aromatic heterocycles. The molecule has 0 atom stereocenters. The Kier molecular flexibility index (Phi) is 3.58. The van der Waals surface area contributed by atoms with Gasteiger partial charge in [0.05, 0.1) is 6.61 Å². The van der Waals surface area contributed by atoms with E-state index in [4.69, 9.17) is 5.11 Å². The lowest BCUT2D eigenvalue weighted by molar-refractivity contribution is 0.281. The number of rotatable bonds is 3. The van der Waals surface area contributed by atoms with Crippen molar-refractivity contribution in [1.29, 1.82) is 0 Å². The molecule has 1 aromatic carbocycles. The van der Waals surface area contributed by atoms with E-state index in [-0.39, 0.29) is 12.4 Å². The minimum atomic E-state index is -0.331. The molecule has 0 spiro atoms. The summed E-state index contributed by atoms with van der Waals surface area (Å²) in [7, 11) is 0. The van der Waals surface area contributed by atoms with Crippen molar-refractivity contribution in [2.45, 2.75) is 22.8 Å². The van der Waals surface area contributed by atoms with Crippen molar-refractivity contribution < 1.29 is 9.50 Å². The number of hydrogen-bond acceptors (Lipinski definition) is 4. The molecule has 84 valence electrons. The number of aliphatic hydroxyl groups excluding tert-OH is 1. The summed E-state index contributed by atoms with van der Waals surface area (Å²) in [5, 5.41) is 10.9. The molecule has 0 aliphatic rings. The number of aryl methyl sites for hydroxylation is 1. The molecule has 1 heterocycles. The van der Waals surface area contributed by atoms with E-state index < -0.39 is 0 Å². The van der Waals surface area contributed by atoms with Gasteiger partial charge in [-0.15, -0.1) is 11.3 Å². The van der Waals surface area contributed by atoms with Gasteiger partial charge < -0.3 is 5.11 Å². The smallest absolute Gasteiger partial charge is 0.154 e. The number of hydrogen-bond donors (Lipinski definition) is 1. The van der Waals surface area contributed by atoms with Crippen LogP contribution in [0.25, 0.3) is 0 Å². The van der Waals surface area contributed by atoms with Crippen LogP contribution in [0.15, 0.2) is 32.8 Å². The molecule has 5 heteroatoms. The first-order valence-electron chi connectivity index (χ1n) is 4.67. The number of halogens is 1. The molecule has 0 fully saturated rings. The maximum Gasteiger partial charge on any atom is 0.154 e. The van der Waals surface area contributed by atoms with Crippen LogP contribution < -0.4 is 0 Å². The van der Waals surface area contributed by atoms with E-state index >= 15 is 0 Å². The average molecular weight is 255 g/mol. The highest BCUT2D eigenvalue weighted by molar-refractivity contribution is 8.01. The monoisotopic (exact) mass is 255 g/mol. The van der Waals surface area contributed by atoms with Crippen LogP contribution in [0.5, 0.6) is 0 Å². The van der Waals surface area contributed by atoms with E-state index in [2.05, 4.69) is 4.98 Å². The van der Waals surface area contributed by atoms with Crippen molar-refractivity contribution in [2.24, 2.45) is 0 Å². The Labute approximate surface area is 101 Å². The predicted octanol–water partition coefficient (Wildman–Crippen LogP) is 3.23. The molecule has 0 aliphatic heterocycles. The largest absolute Gasteiger partial charge is 0.392 e. The van der Waals surface area contributed by atoms with Crippen molar-refractivity contribution in [2.75, 3.05) is 0 Å². The van der Waals surface area contributed by atoms with Crippen LogP contribution in [0.2, 0.25) is 0 Å². The quantitative estimate of drug-likeness (QED) is 0.914. The van der Waals surface area contributed by atoms with E-state index in [9.17, 15) is 4.39 Å². The number of aliphatic hydroxyl groups is 1. The van der Waals surface area contributed by atoms with E-state index in [0.29, 0.717) is 5.56 Å². The van der Waals surface area contributed by atoms with Crippen LogP contribution in [0, 0.1) is 12.7 Å². The first kappa shape index (κ1) is 11.6. The summed E-state index contributed by atoms with van der Waals surface area (Å²) < 4.78 is 14.1. The van der Waals surface area contributed by atoms with Crippen molar-refractivity contribution in [1.82, 2.24) is 4.98 Å². The second-order valence-electron chi connectivity index (χ2n) is 3.31. The summed E-state index contributed by atoms with van der Waals surface area (Å²) in [6, 6.07) is 4.54. The molecular formula is C11H10FNOS2. The molecule has 2 nitrogen and oxygen atoms in total. The van der Waals surface area contributed by atoms with Gasteiger partial charge in [-0.05, 0) is 30.7 Å². The summed E-state index contributed by atoms with van der Waals surface area (Å²) in [5.41, 5.74) is 1.54. The lowest BCUT2D eigenvalue weighted by Gasteiger charge is -2.01. The van der Waals surface area contributed by atoms with Gasteiger partial charge in [0.15, 0.2) is 4.34 Å². The van der Waals surface area contributed by atoms with Crippen molar-refractivity contribution in [3.63, 3.8) is 0 Å². The zero-order valence-corrected chi connectivity index (χ0v) is 10.2. The van der Waals surface area contributed by atoms with Gasteiger partial charge in [-0.3, -0.25) is 0 Å². The van der Waals surface area contributed by atoms with Crippen LogP contribution in [0.1, 0.15) is 11.3 Å². The molecule has 0 saturated heterocycles. The van der Waals surface area contributed by atoms with Gasteiger partial charge in [0, 0.05) is 16.0 Å². The second-order valence-corrected chi connectivity index (χ2v) is 5.49. The standard InChI is InChI=1S/C11H10FNOS2/c1-7-6-15-11(13-7)16-10-3-8(5-14)2-9(12)4-10/h2-4,6,14H,5H2,1H3. The first-order valence-corrected chi connectivity index (χ1v) is 6.37. The van der Waals surface area contributed by atoms with Gasteiger partial charge in [-0.25, -0.2) is 9.37 Å². The van der Waals surface area contributed by atoms with E-state index in [1.54, 1.807) is 6.07 Å². The maximum atomic E-state index is 13.2. The second kappa shape index (κ2) is 4.95. The Bertz CT molecular complexity index is 498. The fraction of sp³-hybridized carbons (Fsp3) is 0.182. The van der Waals surface area contributed by atoms with Gasteiger partial charge >= 0.3 is 0 Å². The van der Waals surface area contributed by atoms with Gasteiger partial charge in [-0.1, -0.05) is 11.8 Å². The number of aromatic nitrogens is 1. The van der Waals surface area contributed by atoms with E-state index in [0.717, 1.165) is 14.9 Å². The number of thiazole rings is 1. The Morgan fingerprint density at radius 3 is 2.88 bits per heavy atom. The third kappa shape index (κ3) is 2.81. The van der Waals surface area contributed by atoms with Crippen molar-refractivity contribution >= 4 is 23.1 Å². The van der Waals surface area contributed by atoms with Crippen LogP contribution in [-0.2, 0) is 6.61 Å². The minimum Gasteiger partial charge on any atom is -0.392 e. The maximum absolute atomic E-state index is 13.2. The highest BCUT2D eigenvalue weighted by Gasteiger charge is 2.05. The molecule has 0 saturated carbocycles. The van der Waals surface area contributed by atoms with Crippen LogP contribution in [0.4, 0.5) is 4.39 Å². The van der Waals surface area contributed by atoms with Gasteiger partial charge in [0.25, 0.3) is 0 Å². The van der Waals surface area contributed by atoms with Gasteiger partial charge in [-0.2, -0.15) is 0 Å². The van der Waals surface area contributed by atoms with Crippen molar-refractivity contribution in [3.05, 3.63) is 40.7 Å². The molecule has 0 aliphatic carbocycles. The lowest BCUT2D eigenvalue weighted by Crippen LogP contribution is -1.86. The van der Waals surface area contributed by atoms with Crippen LogP contribution >= 0.6 is 23.1 Å². The fourth-order valence-electron chi connectivity index (χ4n) is 1.25. The van der Waals surface area contributed by atoms with Gasteiger partial charge in [0.1, 0.15) is 5.82 Å². The summed E-state index contributed by atoms with van der Waals surface area (Å²) >= 11 is 2.94. The summed E-state index contributed by atoms with van der Waals surface area (Å²) in [6.07, 6.45) is 0. The zero-order valence-electron chi connectivity index (χ0n) is 8.61. The molecule has 2 aromatic rings. The minimum absolute atomic E-state index is 0.151. The highest BCUT2D eigenvalue weighted by Crippen LogP contribution is 2.31. The van der Waals surface area contributed by atoms with Crippen LogP contribution in [-0.4, -0.2) is 10.1 Å². The summed E-state index contributed by atoms with van der Waals surface area (Å²) in [5.74, 6) is -0.331. The molecule has 0 amide bonds. The van der Waals surface area contributed by atoms with Crippen LogP contribution in [0.3, 0.4) is 0 Å². The summed E-state index contributed by atoms with van der Waals surface area (Å²) in [4.78, 5) is 5.05. The molecule has 0 bridgehead atoms. The molecule has 0 radical (unpaired) electrons. The molecule has 16 heavy (non-hydrogen) atoms. The first-order chi connectivity index (χ1) is 7.67. The number of benzene rings is 1. The molecule has 2 rings (SSSR count). The Hall–Kier alpha value is -0.910. The lowest BCUT2D eigenvalue weighted by atomic mass is 10.2. The number of nitrogens with zero attached hydrogens (tertiary/aromatic N) is 1. The fourth-order valence-corrected chi connectivity index (χ4v) is 3.17. The molecule has 1 N–H and O–H groups in total. The predicted molar refractivity (Wildman–Crippen MR) is 63.3 cm³/mol. The SMILES string of the molecule is Cc1csc(Sc2cc(F)cc(CO)c2)n1. The third-order valence-electron chi connectivity index (χ3n) is 1.92. The average Bonchev–Trinajstić information content (AvgIpc) is 2.63. The Balaban J connectivity index is 2.24. The summed E-state index contributed by atoms with van der Waals surface area (Å²) in [6.45, 7) is 1.77.